The first-order valence-corrected chi connectivity index (χ1v) is 9.21. The third-order valence-corrected chi connectivity index (χ3v) is 5.22. The Balaban J connectivity index is 1.63. The Kier molecular flexibility index (Phi) is 4.81. The van der Waals surface area contributed by atoms with Crippen LogP contribution in [-0.4, -0.2) is 33.6 Å². The summed E-state index contributed by atoms with van der Waals surface area (Å²) in [4.78, 5) is 0. The van der Waals surface area contributed by atoms with E-state index in [0.717, 1.165) is 17.6 Å². The number of aromatic nitrogens is 1. The maximum absolute atomic E-state index is 10.1. The Morgan fingerprint density at radius 2 is 1.88 bits per heavy atom. The molecule has 2 heterocycles. The van der Waals surface area contributed by atoms with Crippen molar-refractivity contribution in [3.05, 3.63) is 71.4 Å². The lowest BCUT2D eigenvalue weighted by molar-refractivity contribution is -0.113. The van der Waals surface area contributed by atoms with Crippen LogP contribution in [0, 0.1) is 6.92 Å². The number of aliphatic hydroxyl groups is 2. The molecule has 4 rings (SSSR count). The minimum atomic E-state index is -0.430. The van der Waals surface area contributed by atoms with Gasteiger partial charge in [0.1, 0.15) is 0 Å². The largest absolute Gasteiger partial charge is 0.394 e. The third-order valence-electron chi connectivity index (χ3n) is 5.22. The molecule has 136 valence electrons. The number of hydrogen-bond donors (Lipinski definition) is 2. The summed E-state index contributed by atoms with van der Waals surface area (Å²) in [7, 11) is 0. The monoisotopic (exact) mass is 351 g/mol. The standard InChI is InChI=1S/C22H25NO3/c1-15-2-4-16(5-3-15)13-23-9-8-17-6-7-18(10-21(17)23)22-12-19(25)11-20(14-24)26-22/h2-10,19-20,22,24-25H,11-14H2,1H3. The second-order valence-corrected chi connectivity index (χ2v) is 7.30. The summed E-state index contributed by atoms with van der Waals surface area (Å²) in [5.74, 6) is 0. The normalized spacial score (nSPS) is 23.4. The van der Waals surface area contributed by atoms with Gasteiger partial charge in [-0.15, -0.1) is 0 Å². The molecule has 4 heteroatoms. The van der Waals surface area contributed by atoms with Crippen molar-refractivity contribution in [3.63, 3.8) is 0 Å². The summed E-state index contributed by atoms with van der Waals surface area (Å²) < 4.78 is 8.21. The summed E-state index contributed by atoms with van der Waals surface area (Å²) in [5.41, 5.74) is 4.74. The van der Waals surface area contributed by atoms with E-state index in [-0.39, 0.29) is 18.8 Å². The molecule has 1 aliphatic rings. The number of fused-ring (bicyclic) bond motifs is 1. The summed E-state index contributed by atoms with van der Waals surface area (Å²) in [6.45, 7) is 2.86. The van der Waals surface area contributed by atoms with E-state index in [9.17, 15) is 10.2 Å². The van der Waals surface area contributed by atoms with Crippen molar-refractivity contribution in [2.45, 2.75) is 44.6 Å². The highest BCUT2D eigenvalue weighted by atomic mass is 16.5. The molecule has 4 nitrogen and oxygen atoms in total. The van der Waals surface area contributed by atoms with Gasteiger partial charge in [-0.2, -0.15) is 0 Å². The predicted molar refractivity (Wildman–Crippen MR) is 102 cm³/mol. The zero-order valence-electron chi connectivity index (χ0n) is 15.0. The summed E-state index contributed by atoms with van der Waals surface area (Å²) in [6.07, 6.45) is 2.28. The summed E-state index contributed by atoms with van der Waals surface area (Å²) in [6, 6.07) is 17.1. The molecule has 1 saturated heterocycles. The van der Waals surface area contributed by atoms with E-state index in [2.05, 4.69) is 66.2 Å². The van der Waals surface area contributed by atoms with Gasteiger partial charge in [0, 0.05) is 31.1 Å². The topological polar surface area (TPSA) is 54.6 Å². The van der Waals surface area contributed by atoms with Crippen molar-refractivity contribution in [3.8, 4) is 0 Å². The first-order valence-electron chi connectivity index (χ1n) is 9.21. The van der Waals surface area contributed by atoms with Gasteiger partial charge in [0.2, 0.25) is 0 Å². The Morgan fingerprint density at radius 1 is 1.08 bits per heavy atom. The van der Waals surface area contributed by atoms with Gasteiger partial charge in [-0.1, -0.05) is 42.0 Å². The number of hydrogen-bond acceptors (Lipinski definition) is 3. The van der Waals surface area contributed by atoms with E-state index in [1.165, 1.54) is 16.5 Å². The van der Waals surface area contributed by atoms with Crippen LogP contribution >= 0.6 is 0 Å². The molecule has 0 radical (unpaired) electrons. The molecule has 3 aromatic rings. The summed E-state index contributed by atoms with van der Waals surface area (Å²) >= 11 is 0. The van der Waals surface area contributed by atoms with Gasteiger partial charge in [-0.25, -0.2) is 0 Å². The molecular formula is C22H25NO3. The minimum absolute atomic E-state index is 0.0559. The van der Waals surface area contributed by atoms with Gasteiger partial charge in [0.05, 0.1) is 24.9 Å². The SMILES string of the molecule is Cc1ccc(Cn2ccc3ccc(C4CC(O)CC(CO)O4)cc32)cc1. The number of ether oxygens (including phenoxy) is 1. The average Bonchev–Trinajstić information content (AvgIpc) is 3.05. The second kappa shape index (κ2) is 7.23. The van der Waals surface area contributed by atoms with E-state index in [1.54, 1.807) is 0 Å². The number of aliphatic hydroxyl groups excluding tert-OH is 2. The minimum Gasteiger partial charge on any atom is -0.394 e. The Bertz CT molecular complexity index is 884. The first-order chi connectivity index (χ1) is 12.6. The lowest BCUT2D eigenvalue weighted by atomic mass is 9.96. The van der Waals surface area contributed by atoms with Crippen LogP contribution in [-0.2, 0) is 11.3 Å². The molecule has 0 amide bonds. The first kappa shape index (κ1) is 17.3. The summed E-state index contributed by atoms with van der Waals surface area (Å²) in [5, 5.41) is 20.7. The van der Waals surface area contributed by atoms with Crippen LogP contribution in [0.25, 0.3) is 10.9 Å². The molecule has 1 aromatic heterocycles. The molecule has 1 aliphatic heterocycles. The van der Waals surface area contributed by atoms with E-state index >= 15 is 0 Å². The van der Waals surface area contributed by atoms with Crippen molar-refractivity contribution < 1.29 is 14.9 Å². The zero-order chi connectivity index (χ0) is 18.1. The Hall–Kier alpha value is -2.14. The number of benzene rings is 2. The third kappa shape index (κ3) is 3.54. The van der Waals surface area contributed by atoms with Crippen LogP contribution in [0.5, 0.6) is 0 Å². The van der Waals surface area contributed by atoms with Crippen molar-refractivity contribution in [2.24, 2.45) is 0 Å². The van der Waals surface area contributed by atoms with Crippen LogP contribution in [0.2, 0.25) is 0 Å². The molecule has 2 aromatic carbocycles. The molecule has 1 fully saturated rings. The highest BCUT2D eigenvalue weighted by molar-refractivity contribution is 5.81. The predicted octanol–water partition coefficient (Wildman–Crippen LogP) is 3.57. The Labute approximate surface area is 153 Å². The van der Waals surface area contributed by atoms with Crippen molar-refractivity contribution in [1.82, 2.24) is 4.57 Å². The van der Waals surface area contributed by atoms with Crippen molar-refractivity contribution in [2.75, 3.05) is 6.61 Å². The molecule has 0 bridgehead atoms. The zero-order valence-corrected chi connectivity index (χ0v) is 15.0. The van der Waals surface area contributed by atoms with E-state index < -0.39 is 6.10 Å². The van der Waals surface area contributed by atoms with Crippen LogP contribution in [0.15, 0.2) is 54.7 Å². The number of nitrogens with zero attached hydrogens (tertiary/aromatic N) is 1. The fourth-order valence-corrected chi connectivity index (χ4v) is 3.75. The van der Waals surface area contributed by atoms with Crippen LogP contribution in [0.1, 0.15) is 35.6 Å². The Morgan fingerprint density at radius 3 is 2.65 bits per heavy atom. The molecular weight excluding hydrogens is 326 g/mol. The molecule has 3 atom stereocenters. The fraction of sp³-hybridized carbons (Fsp3) is 0.364. The van der Waals surface area contributed by atoms with Gasteiger partial charge >= 0.3 is 0 Å². The van der Waals surface area contributed by atoms with Crippen LogP contribution in [0.3, 0.4) is 0 Å². The molecule has 26 heavy (non-hydrogen) atoms. The lowest BCUT2D eigenvalue weighted by Gasteiger charge is -2.32. The second-order valence-electron chi connectivity index (χ2n) is 7.30. The molecule has 0 spiro atoms. The van der Waals surface area contributed by atoms with Crippen molar-refractivity contribution in [1.29, 1.82) is 0 Å². The average molecular weight is 351 g/mol. The lowest BCUT2D eigenvalue weighted by Crippen LogP contribution is -2.33. The van der Waals surface area contributed by atoms with Crippen molar-refractivity contribution >= 4 is 10.9 Å². The molecule has 2 N–H and O–H groups in total. The molecule has 0 saturated carbocycles. The van der Waals surface area contributed by atoms with E-state index in [4.69, 9.17) is 4.74 Å². The van der Waals surface area contributed by atoms with Gasteiger partial charge in [0.25, 0.3) is 0 Å². The van der Waals surface area contributed by atoms with Gasteiger partial charge in [-0.3, -0.25) is 0 Å². The molecule has 0 aliphatic carbocycles. The quantitative estimate of drug-likeness (QED) is 0.755. The maximum atomic E-state index is 10.1. The van der Waals surface area contributed by atoms with Gasteiger partial charge in [0.15, 0.2) is 0 Å². The van der Waals surface area contributed by atoms with Crippen LogP contribution < -0.4 is 0 Å². The highest BCUT2D eigenvalue weighted by Crippen LogP contribution is 2.33. The van der Waals surface area contributed by atoms with E-state index in [0.29, 0.717) is 12.8 Å². The van der Waals surface area contributed by atoms with Crippen LogP contribution in [0.4, 0.5) is 0 Å². The smallest absolute Gasteiger partial charge is 0.0855 e. The van der Waals surface area contributed by atoms with Gasteiger partial charge < -0.3 is 19.5 Å². The van der Waals surface area contributed by atoms with E-state index in [1.807, 2.05) is 0 Å². The number of aryl methyl sites for hydroxylation is 1. The molecule has 3 unspecified atom stereocenters. The fourth-order valence-electron chi connectivity index (χ4n) is 3.75. The highest BCUT2D eigenvalue weighted by Gasteiger charge is 2.29. The van der Waals surface area contributed by atoms with Gasteiger partial charge in [-0.05, 0) is 35.6 Å². The number of rotatable bonds is 4. The maximum Gasteiger partial charge on any atom is 0.0855 e.